The molecule has 3 saturated heterocycles. The third kappa shape index (κ3) is 5.21. The number of halogens is 5. The Kier molecular flexibility index (Phi) is 7.54. The van der Waals surface area contributed by atoms with Crippen molar-refractivity contribution in [3.05, 3.63) is 40.6 Å². The first kappa shape index (κ1) is 31.0. The van der Waals surface area contributed by atoms with E-state index in [2.05, 4.69) is 32.0 Å². The minimum atomic E-state index is -1.86. The molecule has 250 valence electrons. The third-order valence-electron chi connectivity index (χ3n) is 10.4. The highest BCUT2D eigenvalue weighted by atomic mass is 35.5. The van der Waals surface area contributed by atoms with Crippen LogP contribution < -0.4 is 9.64 Å². The zero-order valence-electron chi connectivity index (χ0n) is 25.8. The van der Waals surface area contributed by atoms with Crippen molar-refractivity contribution in [3.63, 3.8) is 0 Å². The fourth-order valence-corrected chi connectivity index (χ4v) is 8.30. The van der Waals surface area contributed by atoms with Gasteiger partial charge in [-0.1, -0.05) is 18.5 Å². The lowest BCUT2D eigenvalue weighted by atomic mass is 9.91. The lowest BCUT2D eigenvalue weighted by Crippen LogP contribution is -2.46. The summed E-state index contributed by atoms with van der Waals surface area (Å²) >= 11 is 6.76. The van der Waals surface area contributed by atoms with E-state index in [9.17, 15) is 13.9 Å². The van der Waals surface area contributed by atoms with Crippen molar-refractivity contribution in [1.29, 1.82) is 0 Å². The Hall–Kier alpha value is -3.26. The van der Waals surface area contributed by atoms with E-state index in [1.807, 2.05) is 0 Å². The van der Waals surface area contributed by atoms with Crippen LogP contribution in [0.5, 0.6) is 6.01 Å². The number of benzene rings is 2. The molecule has 4 aromatic rings. The van der Waals surface area contributed by atoms with E-state index < -0.39 is 35.6 Å². The van der Waals surface area contributed by atoms with Gasteiger partial charge < -0.3 is 19.5 Å². The van der Waals surface area contributed by atoms with E-state index in [4.69, 9.17) is 21.1 Å². The second kappa shape index (κ2) is 11.4. The van der Waals surface area contributed by atoms with Crippen LogP contribution in [0.1, 0.15) is 44.1 Å². The maximum atomic E-state index is 17.1. The van der Waals surface area contributed by atoms with Crippen molar-refractivity contribution in [3.8, 4) is 17.1 Å². The molecule has 1 saturated carbocycles. The summed E-state index contributed by atoms with van der Waals surface area (Å²) < 4.78 is 73.7. The highest BCUT2D eigenvalue weighted by molar-refractivity contribution is 6.33. The van der Waals surface area contributed by atoms with Crippen LogP contribution in [0.3, 0.4) is 0 Å². The maximum Gasteiger partial charge on any atom is 0.319 e. The molecular weight excluding hydrogens is 640 g/mol. The molecule has 0 amide bonds. The smallest absolute Gasteiger partial charge is 0.319 e. The van der Waals surface area contributed by atoms with E-state index in [1.54, 1.807) is 11.0 Å². The second-order valence-electron chi connectivity index (χ2n) is 13.8. The Morgan fingerprint density at radius 3 is 2.81 bits per heavy atom. The molecule has 14 heteroatoms. The Bertz CT molecular complexity index is 1880. The lowest BCUT2D eigenvalue weighted by Gasteiger charge is -2.32. The Morgan fingerprint density at radius 2 is 2.02 bits per heavy atom. The van der Waals surface area contributed by atoms with Crippen molar-refractivity contribution in [2.45, 2.75) is 55.8 Å². The number of aliphatic hydroxyl groups is 1. The molecule has 3 aliphatic heterocycles. The van der Waals surface area contributed by atoms with E-state index in [0.717, 1.165) is 25.8 Å². The number of hydrogen-bond donors (Lipinski definition) is 2. The monoisotopic (exact) mass is 674 g/mol. The molecule has 2 aromatic heterocycles. The Morgan fingerprint density at radius 1 is 1.19 bits per heavy atom. The number of aromatic nitrogens is 4. The van der Waals surface area contributed by atoms with Gasteiger partial charge in [-0.3, -0.25) is 10.00 Å². The number of anilines is 1. The minimum absolute atomic E-state index is 0.0148. The molecule has 2 N–H and O–H groups in total. The Labute approximate surface area is 273 Å². The molecule has 4 aliphatic rings. The molecule has 0 bridgehead atoms. The molecule has 1 aliphatic carbocycles. The van der Waals surface area contributed by atoms with E-state index in [0.29, 0.717) is 40.0 Å². The van der Waals surface area contributed by atoms with Crippen LogP contribution >= 0.6 is 11.6 Å². The maximum absolute atomic E-state index is 17.1. The first-order valence-corrected chi connectivity index (χ1v) is 16.5. The largest absolute Gasteiger partial charge is 0.461 e. The number of rotatable bonds is 7. The summed E-state index contributed by atoms with van der Waals surface area (Å²) in [5.41, 5.74) is -1.41. The number of aromatic amines is 1. The van der Waals surface area contributed by atoms with Crippen molar-refractivity contribution in [1.82, 2.24) is 25.1 Å². The number of ether oxygens (including phenoxy) is 2. The zero-order chi connectivity index (χ0) is 32.7. The van der Waals surface area contributed by atoms with Crippen LogP contribution in [0.15, 0.2) is 18.3 Å². The van der Waals surface area contributed by atoms with Gasteiger partial charge in [-0.15, -0.1) is 0 Å². The molecule has 8 rings (SSSR count). The van der Waals surface area contributed by atoms with Crippen LogP contribution in [-0.4, -0.2) is 100 Å². The van der Waals surface area contributed by atoms with Gasteiger partial charge in [-0.25, -0.2) is 17.6 Å². The third-order valence-corrected chi connectivity index (χ3v) is 10.8. The van der Waals surface area contributed by atoms with Gasteiger partial charge >= 0.3 is 6.01 Å². The topological polar surface area (TPSA) is 99.6 Å². The molecule has 5 heterocycles. The van der Waals surface area contributed by atoms with Crippen LogP contribution in [0.25, 0.3) is 32.9 Å². The summed E-state index contributed by atoms with van der Waals surface area (Å²) in [4.78, 5) is 12.7. The Balaban J connectivity index is 1.31. The molecule has 5 atom stereocenters. The van der Waals surface area contributed by atoms with Crippen LogP contribution in [-0.2, 0) is 4.74 Å². The summed E-state index contributed by atoms with van der Waals surface area (Å²) in [5.74, 6) is -1.44. The molecule has 4 fully saturated rings. The average Bonchev–Trinajstić information content (AvgIpc) is 3.29. The first-order chi connectivity index (χ1) is 22.6. The molecule has 0 radical (unpaired) electrons. The van der Waals surface area contributed by atoms with Gasteiger partial charge in [0.1, 0.15) is 42.2 Å². The zero-order valence-corrected chi connectivity index (χ0v) is 26.6. The van der Waals surface area contributed by atoms with Gasteiger partial charge in [0.2, 0.25) is 0 Å². The normalized spacial score (nSPS) is 29.5. The number of alkyl halides is 2. The number of fused-ring (bicyclic) bond motifs is 3. The highest BCUT2D eigenvalue weighted by Gasteiger charge is 2.49. The summed E-state index contributed by atoms with van der Waals surface area (Å²) in [6, 6.07) is 2.71. The summed E-state index contributed by atoms with van der Waals surface area (Å²) in [5, 5.41) is 18.8. The van der Waals surface area contributed by atoms with Gasteiger partial charge in [0, 0.05) is 40.9 Å². The van der Waals surface area contributed by atoms with Gasteiger partial charge in [-0.05, 0) is 55.3 Å². The van der Waals surface area contributed by atoms with Crippen molar-refractivity contribution < 1.29 is 32.1 Å². The highest BCUT2D eigenvalue weighted by Crippen LogP contribution is 2.55. The number of H-pyrrole nitrogens is 1. The minimum Gasteiger partial charge on any atom is -0.461 e. The first-order valence-electron chi connectivity index (χ1n) is 16.1. The molecule has 9 nitrogen and oxygen atoms in total. The van der Waals surface area contributed by atoms with Crippen LogP contribution in [0.4, 0.5) is 23.4 Å². The number of β-amino-alcohol motifs (C(OH)–C–C–N with tert-alkyl or cyclic N) is 1. The average molecular weight is 675 g/mol. The van der Waals surface area contributed by atoms with E-state index in [-0.39, 0.29) is 73.0 Å². The van der Waals surface area contributed by atoms with E-state index >= 15 is 8.78 Å². The van der Waals surface area contributed by atoms with Crippen LogP contribution in [0.2, 0.25) is 5.02 Å². The molecule has 2 aromatic carbocycles. The van der Waals surface area contributed by atoms with Crippen molar-refractivity contribution in [2.24, 2.45) is 5.92 Å². The summed E-state index contributed by atoms with van der Waals surface area (Å²) in [7, 11) is 0. The van der Waals surface area contributed by atoms with Gasteiger partial charge in [0.05, 0.1) is 42.6 Å². The summed E-state index contributed by atoms with van der Waals surface area (Å²) in [6.07, 6.45) is 3.32. The predicted octanol–water partition coefficient (Wildman–Crippen LogP) is 5.72. The quantitative estimate of drug-likeness (QED) is 0.240. The summed E-state index contributed by atoms with van der Waals surface area (Å²) in [6.45, 7) is 1.91. The fourth-order valence-electron chi connectivity index (χ4n) is 7.95. The standard InChI is InChI=1S/C33H35ClF4N6O3/c1-17-7-19(17)25-22(34)9-24-21(11-39-42-24)26(25)27-23(37)8-20-29(28(27)38)40-31(47-15-32-3-2-4-44(32)12-18(36)10-32)41-30(20)43-5-6-46-16-33(45,13-35)14-43/h8-9,11,17-19,45H,2-7,10,12-16H2,1H3,(H,39,42)/t17-,18-,19+,32+,33?/m1/s1. The molecule has 0 spiro atoms. The fraction of sp³-hybridized carbons (Fsp3) is 0.545. The van der Waals surface area contributed by atoms with Gasteiger partial charge in [0.15, 0.2) is 5.82 Å². The lowest BCUT2D eigenvalue weighted by molar-refractivity contribution is -0.0409. The number of nitrogens with zero attached hydrogens (tertiary/aromatic N) is 5. The van der Waals surface area contributed by atoms with E-state index in [1.165, 1.54) is 12.3 Å². The van der Waals surface area contributed by atoms with Crippen molar-refractivity contribution >= 4 is 39.2 Å². The second-order valence-corrected chi connectivity index (χ2v) is 14.2. The van der Waals surface area contributed by atoms with Crippen LogP contribution in [0, 0.1) is 17.6 Å². The molecule has 1 unspecified atom stereocenters. The van der Waals surface area contributed by atoms with Gasteiger partial charge in [-0.2, -0.15) is 15.1 Å². The molecular formula is C33H35ClF4N6O3. The van der Waals surface area contributed by atoms with Gasteiger partial charge in [0.25, 0.3) is 0 Å². The van der Waals surface area contributed by atoms with Crippen molar-refractivity contribution in [2.75, 3.05) is 57.6 Å². The number of nitrogens with one attached hydrogen (secondary N) is 1. The SMILES string of the molecule is C[C@@H]1C[C@@H]1c1c(Cl)cc2[nH]ncc2c1-c1c(F)cc2c(N3CCOCC(O)(CF)C3)nc(OC[C@@]34CCCN3C[C@H](F)C4)nc2c1F. The molecule has 47 heavy (non-hydrogen) atoms. The predicted molar refractivity (Wildman–Crippen MR) is 169 cm³/mol. The number of hydrogen-bond acceptors (Lipinski definition) is 8.